The summed E-state index contributed by atoms with van der Waals surface area (Å²) in [4.78, 5) is 0. The molecule has 0 aromatic rings. The minimum atomic E-state index is -2.57. The van der Waals surface area contributed by atoms with Gasteiger partial charge in [0.05, 0.1) is 0 Å². The van der Waals surface area contributed by atoms with Gasteiger partial charge in [0.1, 0.15) is 0 Å². The molecule has 1 N–H and O–H groups in total. The van der Waals surface area contributed by atoms with Crippen molar-refractivity contribution in [2.75, 3.05) is 35.2 Å². The molecular weight excluding hydrogens is 343 g/mol. The van der Waals surface area contributed by atoms with E-state index in [0.717, 1.165) is 0 Å². The van der Waals surface area contributed by atoms with E-state index in [1.165, 1.54) is 0 Å². The van der Waals surface area contributed by atoms with Crippen LogP contribution >= 0.6 is 53.8 Å². The van der Waals surface area contributed by atoms with Gasteiger partial charge in [0, 0.05) is 0 Å². The number of nitrogens with one attached hydrogen (secondary N) is 1. The predicted octanol–water partition coefficient (Wildman–Crippen LogP) is 4.90. The lowest BCUT2D eigenvalue weighted by Crippen LogP contribution is -2.10. The summed E-state index contributed by atoms with van der Waals surface area (Å²) in [5.41, 5.74) is 0. The fourth-order valence-corrected chi connectivity index (χ4v) is 15.2. The van der Waals surface area contributed by atoms with Gasteiger partial charge in [0.25, 0.3) is 0 Å². The van der Waals surface area contributed by atoms with Crippen molar-refractivity contribution in [1.82, 2.24) is 14.4 Å². The van der Waals surface area contributed by atoms with Gasteiger partial charge in [0.15, 0.2) is 0 Å². The Labute approximate surface area is 117 Å². The lowest BCUT2D eigenvalue weighted by molar-refractivity contribution is 0.669. The molecule has 0 fully saturated rings. The van der Waals surface area contributed by atoms with Crippen LogP contribution in [0.15, 0.2) is 13.5 Å². The summed E-state index contributed by atoms with van der Waals surface area (Å²) in [6, 6.07) is 0. The van der Waals surface area contributed by atoms with Crippen LogP contribution < -0.4 is 5.09 Å². The molecule has 1 aliphatic heterocycles. The molecule has 0 saturated heterocycles. The van der Waals surface area contributed by atoms with Crippen LogP contribution in [0.3, 0.4) is 0 Å². The second-order valence-corrected chi connectivity index (χ2v) is 15.1. The molecule has 102 valence electrons. The average molecular weight is 360 g/mol. The minimum absolute atomic E-state index is 1.70. The number of hydrogen-bond acceptors (Lipinski definition) is 6. The first kappa shape index (κ1) is 16.5. The first-order valence-electron chi connectivity index (χ1n) is 4.62. The third kappa shape index (κ3) is 3.51. The molecule has 6 nitrogen and oxygen atoms in total. The molecule has 3 atom stereocenters. The summed E-state index contributed by atoms with van der Waals surface area (Å²) in [5, 5.41) is 2.92. The van der Waals surface area contributed by atoms with E-state index >= 15 is 0 Å². The van der Waals surface area contributed by atoms with Gasteiger partial charge in [-0.2, -0.15) is 13.5 Å². The van der Waals surface area contributed by atoms with Crippen LogP contribution in [0.1, 0.15) is 0 Å². The number of halogens is 3. The Hall–Kier alpha value is 1.44. The molecule has 0 unspecified atom stereocenters. The molecule has 0 amide bonds. The highest BCUT2D eigenvalue weighted by Crippen LogP contribution is 2.82. The molecule has 17 heavy (non-hydrogen) atoms. The van der Waals surface area contributed by atoms with Gasteiger partial charge in [-0.3, -0.25) is 5.09 Å². The highest BCUT2D eigenvalue weighted by atomic mass is 35.7. The topological polar surface area (TPSA) is 55.6 Å². The lowest BCUT2D eigenvalue weighted by Gasteiger charge is -2.32. The highest BCUT2D eigenvalue weighted by molar-refractivity contribution is 8.07. The SMILES string of the molecule is CN[P@@]1(Cl)=N[P@](Cl)(N(C)C)=N[P@](Cl)(N(C)C)=N1. The van der Waals surface area contributed by atoms with Crippen LogP contribution in [-0.4, -0.2) is 44.6 Å². The Bertz CT molecular complexity index is 458. The molecule has 0 aromatic heterocycles. The van der Waals surface area contributed by atoms with Gasteiger partial charge in [0.2, 0.25) is 20.1 Å². The zero-order chi connectivity index (χ0) is 13.5. The van der Waals surface area contributed by atoms with E-state index in [2.05, 4.69) is 18.6 Å². The lowest BCUT2D eigenvalue weighted by atomic mass is 11.3. The Morgan fingerprint density at radius 1 is 0.824 bits per heavy atom. The maximum Gasteiger partial charge on any atom is 0.238 e. The summed E-state index contributed by atoms with van der Waals surface area (Å²) in [6.45, 7) is -7.68. The molecule has 12 heteroatoms. The maximum absolute atomic E-state index is 6.47. The number of hydrogen-bond donors (Lipinski definition) is 1. The Morgan fingerprint density at radius 2 is 1.24 bits per heavy atom. The van der Waals surface area contributed by atoms with Gasteiger partial charge >= 0.3 is 0 Å². The Balaban J connectivity index is 3.60. The van der Waals surface area contributed by atoms with Crippen LogP contribution in [0.2, 0.25) is 0 Å². The smallest absolute Gasteiger partial charge is 0.238 e. The second kappa shape index (κ2) is 5.44. The zero-order valence-corrected chi connectivity index (χ0v) is 15.2. The molecule has 0 aromatic carbocycles. The van der Waals surface area contributed by atoms with Crippen molar-refractivity contribution in [3.8, 4) is 0 Å². The van der Waals surface area contributed by atoms with Gasteiger partial charge in [-0.1, -0.05) is 0 Å². The van der Waals surface area contributed by atoms with Crippen molar-refractivity contribution < 1.29 is 0 Å². The van der Waals surface area contributed by atoms with E-state index in [1.807, 2.05) is 28.2 Å². The molecular formula is C5H16Cl3N6P3. The first-order chi connectivity index (χ1) is 7.57. The van der Waals surface area contributed by atoms with Crippen molar-refractivity contribution in [2.45, 2.75) is 0 Å². The standard InChI is InChI=1S/C5H16Cl3N6P3/c1-9-15(6)10-16(7,13(2)3)12-17(8,11-15)14(4)5/h9H,1-5H3/t15-,16-,17+. The van der Waals surface area contributed by atoms with E-state index in [-0.39, 0.29) is 0 Å². The monoisotopic (exact) mass is 358 g/mol. The summed E-state index contributed by atoms with van der Waals surface area (Å²) in [5.74, 6) is 0. The van der Waals surface area contributed by atoms with E-state index in [1.54, 1.807) is 16.4 Å². The van der Waals surface area contributed by atoms with Crippen LogP contribution in [0.25, 0.3) is 0 Å². The highest BCUT2D eigenvalue weighted by Gasteiger charge is 2.36. The van der Waals surface area contributed by atoms with Crippen LogP contribution in [0.5, 0.6) is 0 Å². The Kier molecular flexibility index (Phi) is 5.28. The fraction of sp³-hybridized carbons (Fsp3) is 1.00. The number of nitrogens with zero attached hydrogens (tertiary/aromatic N) is 5. The van der Waals surface area contributed by atoms with Crippen LogP contribution in [-0.2, 0) is 0 Å². The van der Waals surface area contributed by atoms with Gasteiger partial charge in [-0.15, -0.1) is 0 Å². The molecule has 1 rings (SSSR count). The molecule has 1 aliphatic rings. The van der Waals surface area contributed by atoms with Crippen molar-refractivity contribution in [3.63, 3.8) is 0 Å². The van der Waals surface area contributed by atoms with Gasteiger partial charge in [-0.05, 0) is 69.0 Å². The van der Waals surface area contributed by atoms with E-state index in [0.29, 0.717) is 0 Å². The van der Waals surface area contributed by atoms with Crippen LogP contribution in [0.4, 0.5) is 0 Å². The molecule has 0 spiro atoms. The maximum atomic E-state index is 6.47. The predicted molar refractivity (Wildman–Crippen MR) is 82.0 cm³/mol. The minimum Gasteiger partial charge on any atom is -0.256 e. The van der Waals surface area contributed by atoms with Gasteiger partial charge in [-0.25, -0.2) is 9.34 Å². The third-order valence-corrected chi connectivity index (χ3v) is 16.1. The van der Waals surface area contributed by atoms with E-state index in [4.69, 9.17) is 33.7 Å². The molecule has 0 bridgehead atoms. The quantitative estimate of drug-likeness (QED) is 0.729. The fourth-order valence-electron chi connectivity index (χ4n) is 0.910. The number of rotatable bonds is 3. The average Bonchev–Trinajstić information content (AvgIpc) is 2.15. The van der Waals surface area contributed by atoms with E-state index in [9.17, 15) is 0 Å². The molecule has 0 aliphatic carbocycles. The zero-order valence-electron chi connectivity index (χ0n) is 10.2. The first-order valence-corrected chi connectivity index (χ1v) is 12.3. The third-order valence-electron chi connectivity index (χ3n) is 1.99. The van der Waals surface area contributed by atoms with Crippen molar-refractivity contribution in [3.05, 3.63) is 0 Å². The molecule has 0 saturated carbocycles. The largest absolute Gasteiger partial charge is 0.256 e. The van der Waals surface area contributed by atoms with Crippen molar-refractivity contribution >= 4 is 53.8 Å². The summed E-state index contributed by atoms with van der Waals surface area (Å²) >= 11 is 19.3. The van der Waals surface area contributed by atoms with E-state index < -0.39 is 20.1 Å². The normalized spacial score (nSPS) is 42.0. The molecule has 0 radical (unpaired) electrons. The van der Waals surface area contributed by atoms with Crippen molar-refractivity contribution in [2.24, 2.45) is 13.5 Å². The summed E-state index contributed by atoms with van der Waals surface area (Å²) in [7, 11) is 8.95. The van der Waals surface area contributed by atoms with Crippen molar-refractivity contribution in [1.29, 1.82) is 0 Å². The van der Waals surface area contributed by atoms with Crippen LogP contribution in [0, 0.1) is 0 Å². The van der Waals surface area contributed by atoms with Gasteiger partial charge < -0.3 is 0 Å². The Morgan fingerprint density at radius 3 is 1.59 bits per heavy atom. The second-order valence-electron chi connectivity index (χ2n) is 3.70. The summed E-state index contributed by atoms with van der Waals surface area (Å²) < 4.78 is 16.8. The molecule has 1 heterocycles. The summed E-state index contributed by atoms with van der Waals surface area (Å²) in [6.07, 6.45) is 0.